The number of halogens is 3. The minimum Gasteiger partial charge on any atom is -0.393 e. The molecule has 0 spiro atoms. The van der Waals surface area contributed by atoms with Crippen molar-refractivity contribution in [3.05, 3.63) is 33.6 Å². The van der Waals surface area contributed by atoms with E-state index >= 15 is 0 Å². The number of hydrogen-bond acceptors (Lipinski definition) is 2. The van der Waals surface area contributed by atoms with Crippen molar-refractivity contribution in [1.82, 2.24) is 5.32 Å². The van der Waals surface area contributed by atoms with Gasteiger partial charge in [0.15, 0.2) is 0 Å². The fourth-order valence-electron chi connectivity index (χ4n) is 2.38. The highest BCUT2D eigenvalue weighted by Gasteiger charge is 2.21. The Morgan fingerprint density at radius 3 is 2.55 bits per heavy atom. The van der Waals surface area contributed by atoms with Crippen LogP contribution in [0.4, 0.5) is 4.39 Å². The monoisotopic (exact) mass is 319 g/mol. The summed E-state index contributed by atoms with van der Waals surface area (Å²) in [6.07, 6.45) is 3.06. The van der Waals surface area contributed by atoms with Crippen molar-refractivity contribution in [2.75, 3.05) is 6.54 Å². The average molecular weight is 320 g/mol. The summed E-state index contributed by atoms with van der Waals surface area (Å²) in [6, 6.07) is 2.27. The lowest BCUT2D eigenvalue weighted by Crippen LogP contribution is -2.32. The highest BCUT2D eigenvalue weighted by molar-refractivity contribution is 6.36. The summed E-state index contributed by atoms with van der Waals surface area (Å²) < 4.78 is 13.4. The minimum atomic E-state index is -0.665. The second-order valence-corrected chi connectivity index (χ2v) is 5.95. The number of aliphatic hydroxyl groups excluding tert-OH is 1. The maximum absolute atomic E-state index is 13.4. The molecule has 1 fully saturated rings. The molecule has 1 aliphatic carbocycles. The summed E-state index contributed by atoms with van der Waals surface area (Å²) in [6.45, 7) is 0.506. The van der Waals surface area contributed by atoms with Crippen molar-refractivity contribution in [3.63, 3.8) is 0 Å². The first kappa shape index (κ1) is 15.5. The molecule has 0 unspecified atom stereocenters. The van der Waals surface area contributed by atoms with Gasteiger partial charge in [-0.05, 0) is 43.7 Å². The zero-order valence-electron chi connectivity index (χ0n) is 10.8. The van der Waals surface area contributed by atoms with Crippen LogP contribution in [0.2, 0.25) is 10.0 Å². The Hall–Kier alpha value is -0.840. The van der Waals surface area contributed by atoms with Crippen LogP contribution in [0, 0.1) is 11.7 Å². The molecule has 0 bridgehead atoms. The SMILES string of the molecule is O=C(NCC1CCC(O)CC1)c1cc(F)c(Cl)cc1Cl. The first-order valence-electron chi connectivity index (χ1n) is 6.58. The minimum absolute atomic E-state index is 0.0874. The number of benzene rings is 1. The average Bonchev–Trinajstić information content (AvgIpc) is 2.42. The number of hydrogen-bond donors (Lipinski definition) is 2. The van der Waals surface area contributed by atoms with Gasteiger partial charge in [0.1, 0.15) is 5.82 Å². The molecule has 110 valence electrons. The van der Waals surface area contributed by atoms with Gasteiger partial charge in [0.05, 0.1) is 21.7 Å². The fraction of sp³-hybridized carbons (Fsp3) is 0.500. The largest absolute Gasteiger partial charge is 0.393 e. The van der Waals surface area contributed by atoms with E-state index in [-0.39, 0.29) is 21.7 Å². The van der Waals surface area contributed by atoms with E-state index in [1.165, 1.54) is 6.07 Å². The molecule has 0 aromatic heterocycles. The number of amides is 1. The highest BCUT2D eigenvalue weighted by Crippen LogP contribution is 2.25. The summed E-state index contributed by atoms with van der Waals surface area (Å²) in [5, 5.41) is 12.2. The lowest BCUT2D eigenvalue weighted by Gasteiger charge is -2.25. The van der Waals surface area contributed by atoms with E-state index in [1.807, 2.05) is 0 Å². The topological polar surface area (TPSA) is 49.3 Å². The van der Waals surface area contributed by atoms with E-state index in [0.717, 1.165) is 31.7 Å². The Kier molecular flexibility index (Phi) is 5.24. The van der Waals surface area contributed by atoms with Gasteiger partial charge < -0.3 is 10.4 Å². The molecule has 0 radical (unpaired) electrons. The molecule has 1 aliphatic rings. The maximum Gasteiger partial charge on any atom is 0.252 e. The second-order valence-electron chi connectivity index (χ2n) is 5.13. The summed E-state index contributed by atoms with van der Waals surface area (Å²) in [4.78, 5) is 12.0. The molecule has 1 aromatic carbocycles. The number of carbonyl (C=O) groups excluding carboxylic acids is 1. The van der Waals surface area contributed by atoms with Gasteiger partial charge in [-0.2, -0.15) is 0 Å². The van der Waals surface area contributed by atoms with Crippen LogP contribution in [0.25, 0.3) is 0 Å². The fourth-order valence-corrected chi connectivity index (χ4v) is 2.85. The van der Waals surface area contributed by atoms with Crippen molar-refractivity contribution < 1.29 is 14.3 Å². The molecule has 1 saturated carbocycles. The van der Waals surface area contributed by atoms with Gasteiger partial charge in [-0.3, -0.25) is 4.79 Å². The molecule has 2 N–H and O–H groups in total. The third-order valence-corrected chi connectivity index (χ3v) is 4.22. The summed E-state index contributed by atoms with van der Waals surface area (Å²) in [5.74, 6) is -0.725. The van der Waals surface area contributed by atoms with Gasteiger partial charge in [-0.1, -0.05) is 23.2 Å². The Morgan fingerprint density at radius 2 is 1.90 bits per heavy atom. The van der Waals surface area contributed by atoms with Crippen molar-refractivity contribution in [2.24, 2.45) is 5.92 Å². The van der Waals surface area contributed by atoms with Crippen LogP contribution in [0.5, 0.6) is 0 Å². The van der Waals surface area contributed by atoms with Gasteiger partial charge in [-0.25, -0.2) is 4.39 Å². The molecule has 2 rings (SSSR count). The number of carbonyl (C=O) groups is 1. The lowest BCUT2D eigenvalue weighted by molar-refractivity contribution is 0.0910. The van der Waals surface area contributed by atoms with Gasteiger partial charge in [0.25, 0.3) is 5.91 Å². The van der Waals surface area contributed by atoms with Gasteiger partial charge in [0.2, 0.25) is 0 Å². The Morgan fingerprint density at radius 1 is 1.25 bits per heavy atom. The van der Waals surface area contributed by atoms with E-state index in [4.69, 9.17) is 23.2 Å². The van der Waals surface area contributed by atoms with Crippen LogP contribution in [0.1, 0.15) is 36.0 Å². The van der Waals surface area contributed by atoms with Crippen molar-refractivity contribution >= 4 is 29.1 Å². The third kappa shape index (κ3) is 3.84. The molecule has 20 heavy (non-hydrogen) atoms. The van der Waals surface area contributed by atoms with Crippen LogP contribution < -0.4 is 5.32 Å². The highest BCUT2D eigenvalue weighted by atomic mass is 35.5. The van der Waals surface area contributed by atoms with E-state index in [0.29, 0.717) is 12.5 Å². The molecular weight excluding hydrogens is 304 g/mol. The van der Waals surface area contributed by atoms with E-state index in [9.17, 15) is 14.3 Å². The first-order valence-corrected chi connectivity index (χ1v) is 7.33. The molecule has 0 saturated heterocycles. The Bertz CT molecular complexity index is 502. The quantitative estimate of drug-likeness (QED) is 0.839. The number of rotatable bonds is 3. The smallest absolute Gasteiger partial charge is 0.252 e. The Balaban J connectivity index is 1.93. The Labute approximate surface area is 127 Å². The van der Waals surface area contributed by atoms with Crippen molar-refractivity contribution in [1.29, 1.82) is 0 Å². The molecule has 6 heteroatoms. The van der Waals surface area contributed by atoms with Gasteiger partial charge in [-0.15, -0.1) is 0 Å². The maximum atomic E-state index is 13.4. The van der Waals surface area contributed by atoms with Gasteiger partial charge >= 0.3 is 0 Å². The normalized spacial score (nSPS) is 22.6. The van der Waals surface area contributed by atoms with Crippen LogP contribution in [0.3, 0.4) is 0 Å². The summed E-state index contributed by atoms with van der Waals surface area (Å²) in [7, 11) is 0. The predicted octanol–water partition coefficient (Wildman–Crippen LogP) is 3.41. The van der Waals surface area contributed by atoms with Crippen LogP contribution in [0.15, 0.2) is 12.1 Å². The summed E-state index contributed by atoms with van der Waals surface area (Å²) >= 11 is 11.5. The van der Waals surface area contributed by atoms with E-state index in [2.05, 4.69) is 5.32 Å². The van der Waals surface area contributed by atoms with Crippen LogP contribution >= 0.6 is 23.2 Å². The first-order chi connectivity index (χ1) is 9.47. The molecule has 1 amide bonds. The molecule has 0 aliphatic heterocycles. The molecule has 0 heterocycles. The van der Waals surface area contributed by atoms with Crippen molar-refractivity contribution in [2.45, 2.75) is 31.8 Å². The lowest BCUT2D eigenvalue weighted by atomic mass is 9.87. The van der Waals surface area contributed by atoms with E-state index in [1.54, 1.807) is 0 Å². The molecule has 0 atom stereocenters. The van der Waals surface area contributed by atoms with Crippen molar-refractivity contribution in [3.8, 4) is 0 Å². The third-order valence-electron chi connectivity index (χ3n) is 3.62. The predicted molar refractivity (Wildman–Crippen MR) is 76.7 cm³/mol. The number of nitrogens with one attached hydrogen (secondary N) is 1. The van der Waals surface area contributed by atoms with Crippen LogP contribution in [-0.4, -0.2) is 23.7 Å². The molecular formula is C14H16Cl2FNO2. The van der Waals surface area contributed by atoms with Gasteiger partial charge in [0, 0.05) is 6.54 Å². The standard InChI is InChI=1S/C14H16Cl2FNO2/c15-11-6-12(16)13(17)5-10(11)14(20)18-7-8-1-3-9(19)4-2-8/h5-6,8-9,19H,1-4,7H2,(H,18,20). The summed E-state index contributed by atoms with van der Waals surface area (Å²) in [5.41, 5.74) is 0.0874. The molecule has 3 nitrogen and oxygen atoms in total. The zero-order valence-corrected chi connectivity index (χ0v) is 12.3. The number of aliphatic hydroxyl groups is 1. The second kappa shape index (κ2) is 6.74. The van der Waals surface area contributed by atoms with E-state index < -0.39 is 11.7 Å². The zero-order chi connectivity index (χ0) is 14.7. The molecule has 1 aromatic rings. The van der Waals surface area contributed by atoms with Crippen LogP contribution in [-0.2, 0) is 0 Å².